The molecule has 0 bridgehead atoms. The molecular formula is C31H26Cl2F2N6O. The summed E-state index contributed by atoms with van der Waals surface area (Å²) < 4.78 is 29.7. The van der Waals surface area contributed by atoms with Crippen molar-refractivity contribution in [3.63, 3.8) is 0 Å². The SMILES string of the molecule is CNC1CCN(C(=O)c2cc(Nc3ncc4c(n3)C3=CN=C(Cl)C=C(c5c(F)cccc5F)C3=CC4)ccc2Cl)CC1. The number of hydrogen-bond donors (Lipinski definition) is 2. The molecule has 2 N–H and O–H groups in total. The first-order valence-electron chi connectivity index (χ1n) is 13.5. The largest absolute Gasteiger partial charge is 0.338 e. The van der Waals surface area contributed by atoms with E-state index >= 15 is 0 Å². The van der Waals surface area contributed by atoms with Crippen LogP contribution >= 0.6 is 23.2 Å². The Hall–Kier alpha value is -3.92. The predicted octanol–water partition coefficient (Wildman–Crippen LogP) is 6.53. The number of allylic oxidation sites excluding steroid dienone is 5. The number of benzene rings is 2. The van der Waals surface area contributed by atoms with Crippen LogP contribution in [-0.2, 0) is 6.42 Å². The predicted molar refractivity (Wildman–Crippen MR) is 162 cm³/mol. The number of aliphatic imine (C=N–C) groups is 1. The smallest absolute Gasteiger partial charge is 0.255 e. The third-order valence-corrected chi connectivity index (χ3v) is 8.22. The molecule has 1 fully saturated rings. The van der Waals surface area contributed by atoms with Crippen molar-refractivity contribution in [3.8, 4) is 0 Å². The number of anilines is 2. The van der Waals surface area contributed by atoms with Crippen molar-refractivity contribution in [1.29, 1.82) is 0 Å². The number of carbonyl (C=O) groups is 1. The minimum atomic E-state index is -0.705. The topological polar surface area (TPSA) is 82.5 Å². The highest BCUT2D eigenvalue weighted by Crippen LogP contribution is 2.41. The van der Waals surface area contributed by atoms with Crippen LogP contribution in [0.1, 0.15) is 40.0 Å². The van der Waals surface area contributed by atoms with E-state index in [1.54, 1.807) is 30.6 Å². The fraction of sp³-hybridized carbons (Fsp3) is 0.226. The van der Waals surface area contributed by atoms with Crippen LogP contribution in [0.2, 0.25) is 5.02 Å². The summed E-state index contributed by atoms with van der Waals surface area (Å²) in [5.74, 6) is -1.27. The molecule has 1 saturated heterocycles. The van der Waals surface area contributed by atoms with Gasteiger partial charge in [0, 0.05) is 48.4 Å². The summed E-state index contributed by atoms with van der Waals surface area (Å²) in [5.41, 5.74) is 3.57. The number of amides is 1. The Morgan fingerprint density at radius 3 is 2.55 bits per heavy atom. The highest BCUT2D eigenvalue weighted by molar-refractivity contribution is 6.69. The van der Waals surface area contributed by atoms with Gasteiger partial charge in [-0.15, -0.1) is 0 Å². The number of likely N-dealkylation sites (tertiary alicyclic amines) is 1. The summed E-state index contributed by atoms with van der Waals surface area (Å²) >= 11 is 12.7. The van der Waals surface area contributed by atoms with Crippen molar-refractivity contribution in [2.75, 3.05) is 25.5 Å². The van der Waals surface area contributed by atoms with Crippen molar-refractivity contribution < 1.29 is 13.6 Å². The summed E-state index contributed by atoms with van der Waals surface area (Å²) in [7, 11) is 1.93. The van der Waals surface area contributed by atoms with E-state index < -0.39 is 11.6 Å². The van der Waals surface area contributed by atoms with E-state index in [0.29, 0.717) is 58.7 Å². The number of fused-ring (bicyclic) bond motifs is 3. The lowest BCUT2D eigenvalue weighted by Gasteiger charge is -2.32. The molecule has 6 rings (SSSR count). The number of halogens is 4. The van der Waals surface area contributed by atoms with E-state index in [9.17, 15) is 13.6 Å². The molecule has 11 heteroatoms. The number of rotatable bonds is 5. The lowest BCUT2D eigenvalue weighted by molar-refractivity contribution is 0.0707. The molecule has 2 aliphatic heterocycles. The molecule has 0 unspecified atom stereocenters. The zero-order chi connectivity index (χ0) is 29.4. The Bertz CT molecular complexity index is 1690. The monoisotopic (exact) mass is 606 g/mol. The van der Waals surface area contributed by atoms with E-state index in [2.05, 4.69) is 20.6 Å². The van der Waals surface area contributed by atoms with E-state index in [1.807, 2.05) is 18.0 Å². The molecule has 0 radical (unpaired) electrons. The molecule has 0 atom stereocenters. The highest BCUT2D eigenvalue weighted by atomic mass is 35.5. The molecule has 0 saturated carbocycles. The van der Waals surface area contributed by atoms with Crippen molar-refractivity contribution in [2.45, 2.75) is 25.3 Å². The van der Waals surface area contributed by atoms with E-state index in [-0.39, 0.29) is 28.2 Å². The van der Waals surface area contributed by atoms with Gasteiger partial charge >= 0.3 is 0 Å². The molecule has 42 heavy (non-hydrogen) atoms. The van der Waals surface area contributed by atoms with Crippen molar-refractivity contribution in [3.05, 3.63) is 106 Å². The summed E-state index contributed by atoms with van der Waals surface area (Å²) in [6.45, 7) is 1.30. The lowest BCUT2D eigenvalue weighted by atomic mass is 9.84. The molecule has 1 aliphatic carbocycles. The summed E-state index contributed by atoms with van der Waals surface area (Å²) in [6.07, 6.45) is 8.75. The molecular weight excluding hydrogens is 581 g/mol. The standard InChI is InChI=1S/C31H26Cl2F2N6O/c1-36-18-9-11-41(12-10-18)30(42)22-13-19(6-8-24(22)32)39-31-38-15-17-5-7-20-21(28-25(34)3-2-4-26(28)35)14-27(33)37-16-23(20)29(17)40-31/h2-4,6-8,13-16,18,36H,5,9-12H2,1H3,(H,38,39,40). The number of carbonyl (C=O) groups excluding carboxylic acids is 1. The zero-order valence-electron chi connectivity index (χ0n) is 22.6. The fourth-order valence-electron chi connectivity index (χ4n) is 5.44. The van der Waals surface area contributed by atoms with E-state index in [0.717, 1.165) is 18.4 Å². The van der Waals surface area contributed by atoms with Gasteiger partial charge in [0.25, 0.3) is 5.91 Å². The first kappa shape index (κ1) is 28.2. The maximum Gasteiger partial charge on any atom is 0.255 e. The van der Waals surface area contributed by atoms with Gasteiger partial charge in [-0.1, -0.05) is 35.3 Å². The Morgan fingerprint density at radius 1 is 1.05 bits per heavy atom. The minimum Gasteiger partial charge on any atom is -0.338 e. The number of hydrogen-bond acceptors (Lipinski definition) is 6. The molecule has 0 spiro atoms. The Balaban J connectivity index is 1.29. The molecule has 7 nitrogen and oxygen atoms in total. The highest BCUT2D eigenvalue weighted by Gasteiger charge is 2.28. The number of aromatic nitrogens is 2. The van der Waals surface area contributed by atoms with Gasteiger partial charge < -0.3 is 15.5 Å². The Labute approximate surface area is 251 Å². The van der Waals surface area contributed by atoms with E-state index in [4.69, 9.17) is 28.2 Å². The third kappa shape index (κ3) is 5.47. The maximum atomic E-state index is 14.8. The van der Waals surface area contributed by atoms with Crippen LogP contribution in [0.3, 0.4) is 0 Å². The fourth-order valence-corrected chi connectivity index (χ4v) is 5.80. The second kappa shape index (κ2) is 11.8. The van der Waals surface area contributed by atoms with Crippen LogP contribution < -0.4 is 10.6 Å². The third-order valence-electron chi connectivity index (χ3n) is 7.68. The average Bonchev–Trinajstić information content (AvgIpc) is 3.16. The van der Waals surface area contributed by atoms with Crippen LogP contribution in [0.5, 0.6) is 0 Å². The van der Waals surface area contributed by atoms with Crippen LogP contribution in [0.4, 0.5) is 20.4 Å². The van der Waals surface area contributed by atoms with Crippen LogP contribution in [0.15, 0.2) is 71.5 Å². The molecule has 2 aromatic carbocycles. The summed E-state index contributed by atoms with van der Waals surface area (Å²) in [6, 6.07) is 9.23. The molecule has 1 amide bonds. The Kier molecular flexibility index (Phi) is 7.90. The van der Waals surface area contributed by atoms with Gasteiger partial charge in [-0.25, -0.2) is 23.7 Å². The van der Waals surface area contributed by atoms with Gasteiger partial charge in [-0.3, -0.25) is 4.79 Å². The zero-order valence-corrected chi connectivity index (χ0v) is 24.1. The van der Waals surface area contributed by atoms with Gasteiger partial charge in [0.15, 0.2) is 0 Å². The van der Waals surface area contributed by atoms with Crippen LogP contribution in [0.25, 0.3) is 11.1 Å². The van der Waals surface area contributed by atoms with Gasteiger partial charge in [0.05, 0.1) is 21.8 Å². The van der Waals surface area contributed by atoms with Crippen LogP contribution in [-0.4, -0.2) is 52.1 Å². The van der Waals surface area contributed by atoms with Crippen molar-refractivity contribution in [2.24, 2.45) is 4.99 Å². The molecule has 3 heterocycles. The molecule has 3 aliphatic rings. The van der Waals surface area contributed by atoms with Crippen molar-refractivity contribution >= 4 is 57.1 Å². The van der Waals surface area contributed by atoms with Crippen molar-refractivity contribution in [1.82, 2.24) is 20.2 Å². The molecule has 3 aromatic rings. The molecule has 1 aromatic heterocycles. The lowest BCUT2D eigenvalue weighted by Crippen LogP contribution is -2.44. The first-order chi connectivity index (χ1) is 20.3. The quantitative estimate of drug-likeness (QED) is 0.345. The average molecular weight is 607 g/mol. The maximum absolute atomic E-state index is 14.8. The van der Waals surface area contributed by atoms with Gasteiger partial charge in [0.1, 0.15) is 16.8 Å². The second-order valence-corrected chi connectivity index (χ2v) is 11.0. The number of nitrogens with zero attached hydrogens (tertiary/aromatic N) is 4. The van der Waals surface area contributed by atoms with E-state index in [1.165, 1.54) is 24.3 Å². The van der Waals surface area contributed by atoms with Gasteiger partial charge in [-0.2, -0.15) is 0 Å². The minimum absolute atomic E-state index is 0.0814. The summed E-state index contributed by atoms with van der Waals surface area (Å²) in [5, 5.41) is 6.88. The van der Waals surface area contributed by atoms with Gasteiger partial charge in [0.2, 0.25) is 5.95 Å². The summed E-state index contributed by atoms with van der Waals surface area (Å²) in [4.78, 5) is 28.6. The normalized spacial score (nSPS) is 16.8. The van der Waals surface area contributed by atoms with Gasteiger partial charge in [-0.05, 0) is 73.9 Å². The van der Waals surface area contributed by atoms with Crippen LogP contribution in [0, 0.1) is 11.6 Å². The number of piperidine rings is 1. The number of nitrogens with one attached hydrogen (secondary N) is 2. The second-order valence-electron chi connectivity index (χ2n) is 10.2. The molecule has 214 valence electrons. The Morgan fingerprint density at radius 2 is 1.81 bits per heavy atom. The first-order valence-corrected chi connectivity index (χ1v) is 14.3.